The van der Waals surface area contributed by atoms with Crippen LogP contribution >= 0.6 is 11.3 Å². The fraction of sp³-hybridized carbons (Fsp3) is 0.152. The number of amides is 1. The summed E-state index contributed by atoms with van der Waals surface area (Å²) in [6.07, 6.45) is 0. The quantitative estimate of drug-likeness (QED) is 0.239. The molecule has 3 aromatic carbocycles. The number of anilines is 1. The Balaban J connectivity index is 1.19. The zero-order valence-corrected chi connectivity index (χ0v) is 23.9. The number of hydrogen-bond acceptors (Lipinski definition) is 6. The Morgan fingerprint density at radius 2 is 1.68 bits per heavy atom. The highest BCUT2D eigenvalue weighted by Crippen LogP contribution is 2.39. The van der Waals surface area contributed by atoms with Gasteiger partial charge < -0.3 is 9.73 Å². The number of hydrogen-bond donors (Lipinski definition) is 1. The van der Waals surface area contributed by atoms with E-state index in [9.17, 15) is 4.79 Å². The minimum atomic E-state index is -0.281. The van der Waals surface area contributed by atoms with Gasteiger partial charge in [0.25, 0.3) is 5.91 Å². The third-order valence-electron chi connectivity index (χ3n) is 7.61. The molecule has 0 saturated heterocycles. The summed E-state index contributed by atoms with van der Waals surface area (Å²) < 4.78 is 7.88. The van der Waals surface area contributed by atoms with Gasteiger partial charge in [0.2, 0.25) is 0 Å². The molecule has 1 N–H and O–H groups in total. The fourth-order valence-corrected chi connectivity index (χ4v) is 6.58. The van der Waals surface area contributed by atoms with Gasteiger partial charge in [-0.25, -0.2) is 0 Å². The van der Waals surface area contributed by atoms with Crippen molar-refractivity contribution in [1.29, 1.82) is 0 Å². The number of nitrogens with one attached hydrogen (secondary N) is 1. The largest absolute Gasteiger partial charge is 0.451 e. The van der Waals surface area contributed by atoms with E-state index in [2.05, 4.69) is 65.1 Å². The number of aryl methyl sites for hydroxylation is 2. The molecule has 6 aromatic rings. The van der Waals surface area contributed by atoms with Gasteiger partial charge in [-0.05, 0) is 68.7 Å². The molecule has 1 aliphatic heterocycles. The molecule has 7 nitrogen and oxygen atoms in total. The van der Waals surface area contributed by atoms with Crippen molar-refractivity contribution in [3.05, 3.63) is 118 Å². The van der Waals surface area contributed by atoms with Gasteiger partial charge in [0.1, 0.15) is 22.5 Å². The molecule has 0 unspecified atom stereocenters. The van der Waals surface area contributed by atoms with Crippen LogP contribution in [0.15, 0.2) is 88.3 Å². The van der Waals surface area contributed by atoms with Crippen LogP contribution in [0.2, 0.25) is 0 Å². The van der Waals surface area contributed by atoms with Crippen molar-refractivity contribution in [2.24, 2.45) is 4.99 Å². The Morgan fingerprint density at radius 3 is 2.49 bits per heavy atom. The normalized spacial score (nSPS) is 14.3. The van der Waals surface area contributed by atoms with E-state index in [-0.39, 0.29) is 17.7 Å². The van der Waals surface area contributed by atoms with E-state index in [4.69, 9.17) is 9.41 Å². The van der Waals surface area contributed by atoms with Gasteiger partial charge in [0.05, 0.1) is 5.71 Å². The Morgan fingerprint density at radius 1 is 0.902 bits per heavy atom. The minimum absolute atomic E-state index is 0.128. The second-order valence-electron chi connectivity index (χ2n) is 10.3. The number of nitrogens with zero attached hydrogens (tertiary/aromatic N) is 4. The standard InChI is InChI=1S/C33H27N5O2S/c1-18-20(3)41-33-29(18)30(34-19(2)31-37-36-21(4)38(31)33)23-14-12-22(13-15-23)24-9-7-10-26(16-24)35-32(39)28-17-25-8-5-6-11-27(25)40-28/h5-17,19H,1-4H3,(H,35,39)/t19-/m0/s1. The Hall–Kier alpha value is -4.82. The van der Waals surface area contributed by atoms with Crippen molar-refractivity contribution < 1.29 is 9.21 Å². The van der Waals surface area contributed by atoms with Crippen molar-refractivity contribution in [2.45, 2.75) is 33.7 Å². The monoisotopic (exact) mass is 557 g/mol. The maximum Gasteiger partial charge on any atom is 0.291 e. The lowest BCUT2D eigenvalue weighted by molar-refractivity contribution is 0.0998. The van der Waals surface area contributed by atoms with Crippen LogP contribution in [0.1, 0.15) is 56.7 Å². The Bertz CT molecular complexity index is 1960. The molecule has 8 heteroatoms. The highest BCUT2D eigenvalue weighted by Gasteiger charge is 2.29. The van der Waals surface area contributed by atoms with E-state index in [1.165, 1.54) is 10.4 Å². The number of para-hydroxylation sites is 1. The first-order valence-electron chi connectivity index (χ1n) is 13.5. The smallest absolute Gasteiger partial charge is 0.291 e. The molecule has 0 spiro atoms. The lowest BCUT2D eigenvalue weighted by Gasteiger charge is -2.11. The van der Waals surface area contributed by atoms with Crippen LogP contribution in [0.4, 0.5) is 5.69 Å². The summed E-state index contributed by atoms with van der Waals surface area (Å²) in [6, 6.07) is 25.5. The molecule has 1 aliphatic rings. The van der Waals surface area contributed by atoms with Gasteiger partial charge >= 0.3 is 0 Å². The van der Waals surface area contributed by atoms with Crippen LogP contribution in [0.5, 0.6) is 0 Å². The van der Waals surface area contributed by atoms with Crippen molar-refractivity contribution in [2.75, 3.05) is 5.32 Å². The topological polar surface area (TPSA) is 85.3 Å². The molecule has 1 atom stereocenters. The summed E-state index contributed by atoms with van der Waals surface area (Å²) >= 11 is 1.76. The number of aliphatic imine (C=N–C) groups is 1. The van der Waals surface area contributed by atoms with Crippen LogP contribution in [0.3, 0.4) is 0 Å². The number of carbonyl (C=O) groups is 1. The molecule has 0 radical (unpaired) electrons. The van der Waals surface area contributed by atoms with Gasteiger partial charge in [0.15, 0.2) is 11.6 Å². The van der Waals surface area contributed by atoms with Crippen molar-refractivity contribution in [3.63, 3.8) is 0 Å². The molecule has 3 aromatic heterocycles. The first kappa shape index (κ1) is 25.2. The highest BCUT2D eigenvalue weighted by atomic mass is 32.1. The summed E-state index contributed by atoms with van der Waals surface area (Å²) in [5.74, 6) is 1.73. The van der Waals surface area contributed by atoms with Crippen LogP contribution < -0.4 is 5.32 Å². The first-order valence-corrected chi connectivity index (χ1v) is 14.3. The molecule has 1 amide bonds. The molecule has 4 heterocycles. The van der Waals surface area contributed by atoms with E-state index >= 15 is 0 Å². The van der Waals surface area contributed by atoms with Gasteiger partial charge in [-0.3, -0.25) is 14.4 Å². The molecule has 7 rings (SSSR count). The van der Waals surface area contributed by atoms with Gasteiger partial charge in [-0.2, -0.15) is 0 Å². The number of carbonyl (C=O) groups excluding carboxylic acids is 1. The number of rotatable bonds is 4. The lowest BCUT2D eigenvalue weighted by Crippen LogP contribution is -2.10. The predicted octanol–water partition coefficient (Wildman–Crippen LogP) is 7.83. The number of aromatic nitrogens is 3. The fourth-order valence-electron chi connectivity index (χ4n) is 5.36. The predicted molar refractivity (Wildman–Crippen MR) is 164 cm³/mol. The van der Waals surface area contributed by atoms with E-state index in [0.717, 1.165) is 50.0 Å². The second-order valence-corrected chi connectivity index (χ2v) is 11.5. The minimum Gasteiger partial charge on any atom is -0.451 e. The summed E-state index contributed by atoms with van der Waals surface area (Å²) in [6.45, 7) is 8.37. The Kier molecular flexibility index (Phi) is 5.94. The molecule has 0 fully saturated rings. The third-order valence-corrected chi connectivity index (χ3v) is 8.81. The second kappa shape index (κ2) is 9.67. The molecule has 41 heavy (non-hydrogen) atoms. The SMILES string of the molecule is Cc1sc2c(c1C)C(c1ccc(-c3cccc(NC(=O)c4cc5ccccc5o4)c3)cc1)=N[C@@H](C)c1nnc(C)n1-2. The zero-order chi connectivity index (χ0) is 28.2. The van der Waals surface area contributed by atoms with Gasteiger partial charge in [-0.1, -0.05) is 54.6 Å². The van der Waals surface area contributed by atoms with Crippen LogP contribution in [-0.2, 0) is 0 Å². The maximum atomic E-state index is 12.9. The first-order chi connectivity index (χ1) is 19.9. The number of thiophene rings is 1. The maximum absolute atomic E-state index is 12.9. The van der Waals surface area contributed by atoms with Crippen LogP contribution in [0, 0.1) is 20.8 Å². The average molecular weight is 558 g/mol. The highest BCUT2D eigenvalue weighted by molar-refractivity contribution is 7.15. The van der Waals surface area contributed by atoms with Crippen molar-refractivity contribution in [3.8, 4) is 16.1 Å². The third kappa shape index (κ3) is 4.28. The van der Waals surface area contributed by atoms with Crippen LogP contribution in [-0.4, -0.2) is 26.4 Å². The van der Waals surface area contributed by atoms with E-state index in [0.29, 0.717) is 11.3 Å². The number of benzene rings is 3. The molecule has 0 saturated carbocycles. The molecule has 0 bridgehead atoms. The van der Waals surface area contributed by atoms with E-state index < -0.39 is 0 Å². The zero-order valence-electron chi connectivity index (χ0n) is 23.1. The molecular formula is C33H27N5O2S. The molecule has 0 aliphatic carbocycles. The summed E-state index contributed by atoms with van der Waals surface area (Å²) in [7, 11) is 0. The molecular weight excluding hydrogens is 530 g/mol. The van der Waals surface area contributed by atoms with Crippen LogP contribution in [0.25, 0.3) is 27.1 Å². The number of fused-ring (bicyclic) bond motifs is 4. The van der Waals surface area contributed by atoms with Crippen molar-refractivity contribution >= 4 is 39.6 Å². The van der Waals surface area contributed by atoms with Gasteiger partial charge in [0, 0.05) is 27.1 Å². The van der Waals surface area contributed by atoms with E-state index in [1.807, 2.05) is 55.5 Å². The van der Waals surface area contributed by atoms with E-state index in [1.54, 1.807) is 17.4 Å². The summed E-state index contributed by atoms with van der Waals surface area (Å²) in [4.78, 5) is 19.3. The summed E-state index contributed by atoms with van der Waals surface area (Å²) in [5.41, 5.74) is 7.83. The summed E-state index contributed by atoms with van der Waals surface area (Å²) in [5, 5.41) is 13.8. The van der Waals surface area contributed by atoms with Gasteiger partial charge in [-0.15, -0.1) is 21.5 Å². The Labute approximate surface area is 241 Å². The lowest BCUT2D eigenvalue weighted by atomic mass is 9.97. The molecule has 202 valence electrons. The number of furan rings is 1. The van der Waals surface area contributed by atoms with Crippen molar-refractivity contribution in [1.82, 2.24) is 14.8 Å². The average Bonchev–Trinajstić information content (AvgIpc) is 3.65.